The van der Waals surface area contributed by atoms with Crippen LogP contribution in [0.3, 0.4) is 0 Å². The van der Waals surface area contributed by atoms with Gasteiger partial charge in [-0.25, -0.2) is 0 Å². The van der Waals surface area contributed by atoms with Crippen molar-refractivity contribution < 1.29 is 24.2 Å². The highest BCUT2D eigenvalue weighted by Gasteiger charge is 2.61. The van der Waals surface area contributed by atoms with E-state index in [-0.39, 0.29) is 39.7 Å². The van der Waals surface area contributed by atoms with Crippen LogP contribution in [0.5, 0.6) is 0 Å². The standard InChI is InChI=1S/C40H56O5/c1-37-16-13-27(21-23(37)5-7-28-30-9-11-34(42)38(30,2)17-14-32(28)37)45-36(44)22-25-20-26(41)19-24-6-8-29-31-10-12-35(43)39(31,3)18-15-33(29)40(24,25)4/h5-6,25-33,41H,7-22H2,1-4H3/t25?,26-,27+,28+,29+,30+,31+,32+,33+,37+,38+,39+,40-/m1/s1. The Morgan fingerprint density at radius 2 is 1.31 bits per heavy atom. The minimum Gasteiger partial charge on any atom is -0.462 e. The highest BCUT2D eigenvalue weighted by Crippen LogP contribution is 2.67. The SMILES string of the molecule is C[C@]12CC[C@H](OC(=O)CC3C[C@H](O)CC4=CC[C@H]5[C@@H]6CCC(=O)[C@@]6(C)CC[C@@H]5[C@]43C)CC1=CC[C@@H]1[C@@H]2CC[C@]2(C)C(=O)CC[C@@H]12. The molecule has 6 fully saturated rings. The summed E-state index contributed by atoms with van der Waals surface area (Å²) in [4.78, 5) is 39.5. The maximum absolute atomic E-state index is 13.8. The van der Waals surface area contributed by atoms with Gasteiger partial charge < -0.3 is 9.84 Å². The smallest absolute Gasteiger partial charge is 0.306 e. The number of ketones is 2. The van der Waals surface area contributed by atoms with E-state index in [1.807, 2.05) is 0 Å². The number of allylic oxidation sites excluding steroid dienone is 2. The zero-order valence-corrected chi connectivity index (χ0v) is 28.2. The van der Waals surface area contributed by atoms with Gasteiger partial charge in [0, 0.05) is 36.5 Å². The van der Waals surface area contributed by atoms with E-state index < -0.39 is 6.10 Å². The van der Waals surface area contributed by atoms with Crippen LogP contribution in [0.25, 0.3) is 0 Å². The van der Waals surface area contributed by atoms with Crippen LogP contribution in [-0.2, 0) is 19.1 Å². The van der Waals surface area contributed by atoms with Gasteiger partial charge in [0.15, 0.2) is 0 Å². The number of aliphatic hydroxyl groups is 1. The lowest BCUT2D eigenvalue weighted by molar-refractivity contribution is -0.156. The molecule has 8 aliphatic carbocycles. The van der Waals surface area contributed by atoms with Crippen molar-refractivity contribution >= 4 is 17.5 Å². The third kappa shape index (κ3) is 4.29. The monoisotopic (exact) mass is 616 g/mol. The predicted octanol–water partition coefficient (Wildman–Crippen LogP) is 7.94. The lowest BCUT2D eigenvalue weighted by Crippen LogP contribution is -2.54. The van der Waals surface area contributed by atoms with Crippen LogP contribution in [0.1, 0.15) is 130 Å². The summed E-state index contributed by atoms with van der Waals surface area (Å²) in [6.45, 7) is 9.33. The molecule has 13 atom stereocenters. The second-order valence-corrected chi connectivity index (χ2v) is 18.1. The molecule has 0 aliphatic heterocycles. The number of carbonyl (C=O) groups excluding carboxylic acids is 3. The molecule has 0 radical (unpaired) electrons. The fourth-order valence-electron chi connectivity index (χ4n) is 13.9. The van der Waals surface area contributed by atoms with Gasteiger partial charge in [-0.05, 0) is 129 Å². The molecule has 8 aliphatic rings. The third-order valence-electron chi connectivity index (χ3n) is 16.6. The fourth-order valence-corrected chi connectivity index (χ4v) is 13.9. The van der Waals surface area contributed by atoms with E-state index in [1.54, 1.807) is 0 Å². The fraction of sp³-hybridized carbons (Fsp3) is 0.825. The van der Waals surface area contributed by atoms with Gasteiger partial charge in [0.25, 0.3) is 0 Å². The van der Waals surface area contributed by atoms with Crippen molar-refractivity contribution in [1.82, 2.24) is 0 Å². The summed E-state index contributed by atoms with van der Waals surface area (Å²) in [5.74, 6) is 4.15. The highest BCUT2D eigenvalue weighted by molar-refractivity contribution is 5.87. The second-order valence-electron chi connectivity index (χ2n) is 18.1. The van der Waals surface area contributed by atoms with Gasteiger partial charge in [-0.3, -0.25) is 14.4 Å². The number of hydrogen-bond acceptors (Lipinski definition) is 5. The van der Waals surface area contributed by atoms with Crippen LogP contribution in [0.2, 0.25) is 0 Å². The van der Waals surface area contributed by atoms with Gasteiger partial charge in [-0.1, -0.05) is 51.0 Å². The van der Waals surface area contributed by atoms with Gasteiger partial charge >= 0.3 is 5.97 Å². The van der Waals surface area contributed by atoms with E-state index in [0.717, 1.165) is 89.9 Å². The van der Waals surface area contributed by atoms with Gasteiger partial charge in [-0.15, -0.1) is 0 Å². The molecule has 0 amide bonds. The lowest BCUT2D eigenvalue weighted by Gasteiger charge is -2.59. The Bertz CT molecular complexity index is 1360. The number of carbonyl (C=O) groups is 3. The number of rotatable bonds is 3. The first-order chi connectivity index (χ1) is 21.4. The summed E-state index contributed by atoms with van der Waals surface area (Å²) in [7, 11) is 0. The molecule has 0 spiro atoms. The number of esters is 1. The Morgan fingerprint density at radius 1 is 0.756 bits per heavy atom. The Morgan fingerprint density at radius 3 is 1.98 bits per heavy atom. The van der Waals surface area contributed by atoms with Crippen molar-refractivity contribution in [2.75, 3.05) is 0 Å². The molecule has 1 unspecified atom stereocenters. The van der Waals surface area contributed by atoms with Gasteiger partial charge in [-0.2, -0.15) is 0 Å². The number of aliphatic hydroxyl groups excluding tert-OH is 1. The quantitative estimate of drug-likeness (QED) is 0.257. The summed E-state index contributed by atoms with van der Waals surface area (Å²) >= 11 is 0. The van der Waals surface area contributed by atoms with Gasteiger partial charge in [0.1, 0.15) is 17.7 Å². The van der Waals surface area contributed by atoms with E-state index in [4.69, 9.17) is 4.74 Å². The van der Waals surface area contributed by atoms with Crippen molar-refractivity contribution in [2.45, 2.75) is 143 Å². The first-order valence-corrected chi connectivity index (χ1v) is 18.7. The predicted molar refractivity (Wildman–Crippen MR) is 173 cm³/mol. The first kappa shape index (κ1) is 30.6. The van der Waals surface area contributed by atoms with Crippen molar-refractivity contribution in [3.8, 4) is 0 Å². The Hall–Kier alpha value is -1.75. The van der Waals surface area contributed by atoms with Gasteiger partial charge in [0.2, 0.25) is 0 Å². The number of ether oxygens (including phenoxy) is 1. The average Bonchev–Trinajstić information content (AvgIpc) is 3.48. The molecule has 0 aromatic rings. The van der Waals surface area contributed by atoms with E-state index in [1.165, 1.54) is 11.1 Å². The topological polar surface area (TPSA) is 80.7 Å². The molecule has 8 rings (SSSR count). The Balaban J connectivity index is 0.964. The van der Waals surface area contributed by atoms with E-state index in [0.29, 0.717) is 59.9 Å². The number of fused-ring (bicyclic) bond motifs is 10. The zero-order valence-electron chi connectivity index (χ0n) is 28.2. The van der Waals surface area contributed by atoms with Crippen LogP contribution < -0.4 is 0 Å². The molecule has 45 heavy (non-hydrogen) atoms. The number of Topliss-reactive ketones (excluding diaryl/α,β-unsaturated/α-hetero) is 2. The summed E-state index contributed by atoms with van der Waals surface area (Å²) in [5, 5.41) is 11.0. The molecule has 5 nitrogen and oxygen atoms in total. The van der Waals surface area contributed by atoms with Crippen molar-refractivity contribution in [3.05, 3.63) is 23.3 Å². The van der Waals surface area contributed by atoms with Crippen LogP contribution in [0.15, 0.2) is 23.3 Å². The third-order valence-corrected chi connectivity index (χ3v) is 16.6. The normalized spacial score (nSPS) is 51.9. The minimum absolute atomic E-state index is 0.0642. The van der Waals surface area contributed by atoms with Crippen LogP contribution >= 0.6 is 0 Å². The minimum atomic E-state index is -0.399. The molecular weight excluding hydrogens is 560 g/mol. The highest BCUT2D eigenvalue weighted by atomic mass is 16.5. The molecule has 246 valence electrons. The maximum atomic E-state index is 13.8. The molecule has 0 saturated heterocycles. The largest absolute Gasteiger partial charge is 0.462 e. The van der Waals surface area contributed by atoms with Crippen LogP contribution in [-0.4, -0.2) is 34.9 Å². The first-order valence-electron chi connectivity index (χ1n) is 18.7. The molecule has 6 saturated carbocycles. The Labute approximate surface area is 270 Å². The lowest BCUT2D eigenvalue weighted by atomic mass is 9.45. The number of hydrogen-bond donors (Lipinski definition) is 1. The van der Waals surface area contributed by atoms with Crippen molar-refractivity contribution in [1.29, 1.82) is 0 Å². The molecule has 5 heteroatoms. The summed E-state index contributed by atoms with van der Waals surface area (Å²) < 4.78 is 6.35. The van der Waals surface area contributed by atoms with Gasteiger partial charge in [0.05, 0.1) is 6.10 Å². The van der Waals surface area contributed by atoms with E-state index >= 15 is 0 Å². The maximum Gasteiger partial charge on any atom is 0.306 e. The summed E-state index contributed by atoms with van der Waals surface area (Å²) in [5.41, 5.74) is 2.64. The van der Waals surface area contributed by atoms with Crippen LogP contribution in [0.4, 0.5) is 0 Å². The second kappa shape index (κ2) is 10.4. The van der Waals surface area contributed by atoms with E-state index in [2.05, 4.69) is 39.8 Å². The average molecular weight is 617 g/mol. The summed E-state index contributed by atoms with van der Waals surface area (Å²) in [6.07, 6.45) is 18.9. The molecule has 1 N–H and O–H groups in total. The summed E-state index contributed by atoms with van der Waals surface area (Å²) in [6, 6.07) is 0. The van der Waals surface area contributed by atoms with Crippen molar-refractivity contribution in [2.24, 2.45) is 63.1 Å². The van der Waals surface area contributed by atoms with Crippen molar-refractivity contribution in [3.63, 3.8) is 0 Å². The molecule has 0 bridgehead atoms. The molecular formula is C40H56O5. The molecule has 0 aromatic carbocycles. The van der Waals surface area contributed by atoms with E-state index in [9.17, 15) is 19.5 Å². The zero-order chi connectivity index (χ0) is 31.5. The molecule has 0 heterocycles. The Kier molecular flexibility index (Phi) is 7.05. The molecule has 0 aromatic heterocycles. The van der Waals surface area contributed by atoms with Crippen LogP contribution in [0, 0.1) is 63.1 Å².